The van der Waals surface area contributed by atoms with Gasteiger partial charge in [-0.25, -0.2) is 9.59 Å². The molecule has 11 nitrogen and oxygen atoms in total. The maximum atomic E-state index is 10.8. The molecule has 1 aromatic carbocycles. The predicted octanol–water partition coefficient (Wildman–Crippen LogP) is -4.85. The maximum absolute atomic E-state index is 10.8. The smallest absolute Gasteiger partial charge is 0.373 e. The SMILES string of the molecule is O.O.O.O.O.O.O=C(O)c1ccccc1C(=O)OO.[MgH2]. The van der Waals surface area contributed by atoms with Crippen LogP contribution >= 0.6 is 0 Å². The van der Waals surface area contributed by atoms with Crippen LogP contribution in [0.15, 0.2) is 24.3 Å². The number of carboxylic acids is 1. The molecule has 0 unspecified atom stereocenters. The van der Waals surface area contributed by atoms with Gasteiger partial charge in [-0.1, -0.05) is 12.1 Å². The number of benzene rings is 1. The van der Waals surface area contributed by atoms with Gasteiger partial charge in [0.1, 0.15) is 0 Å². The van der Waals surface area contributed by atoms with E-state index in [2.05, 4.69) is 4.89 Å². The fourth-order valence-electron chi connectivity index (χ4n) is 0.897. The van der Waals surface area contributed by atoms with E-state index >= 15 is 0 Å². The fourth-order valence-corrected chi connectivity index (χ4v) is 0.897. The lowest BCUT2D eigenvalue weighted by Gasteiger charge is -2.00. The largest absolute Gasteiger partial charge is 0.478 e. The number of hydrogen-bond acceptors (Lipinski definition) is 4. The maximum Gasteiger partial charge on any atom is 0.373 e. The number of carbonyl (C=O) groups excluding carboxylic acids is 1. The summed E-state index contributed by atoms with van der Waals surface area (Å²) in [6.07, 6.45) is 0. The van der Waals surface area contributed by atoms with Gasteiger partial charge in [0, 0.05) is 0 Å². The average Bonchev–Trinajstić information content (AvgIpc) is 2.16. The third-order valence-electron chi connectivity index (χ3n) is 1.46. The second-order valence-corrected chi connectivity index (χ2v) is 2.23. The summed E-state index contributed by atoms with van der Waals surface area (Å²) in [7, 11) is 0. The molecule has 0 aliphatic rings. The number of carboxylic acid groups (broad SMARTS) is 1. The van der Waals surface area contributed by atoms with E-state index in [-0.39, 0.29) is 67.0 Å². The number of hydrogen-bond donors (Lipinski definition) is 2. The Morgan fingerprint density at radius 2 is 1.20 bits per heavy atom. The van der Waals surface area contributed by atoms with Crippen molar-refractivity contribution in [3.8, 4) is 0 Å². The van der Waals surface area contributed by atoms with E-state index in [1.165, 1.54) is 24.3 Å². The first kappa shape index (κ1) is 42.8. The normalized spacial score (nSPS) is 6.05. The number of aromatic carboxylic acids is 1. The zero-order chi connectivity index (χ0) is 9.84. The van der Waals surface area contributed by atoms with Crippen LogP contribution in [0, 0.1) is 0 Å². The third-order valence-corrected chi connectivity index (χ3v) is 1.46. The Balaban J connectivity index is -0.0000000483. The van der Waals surface area contributed by atoms with Crippen molar-refractivity contribution in [2.75, 3.05) is 0 Å². The van der Waals surface area contributed by atoms with E-state index in [4.69, 9.17) is 10.4 Å². The molecular weight excluding hydrogens is 296 g/mol. The molecule has 0 aliphatic heterocycles. The first-order chi connectivity index (χ1) is 6.16. The summed E-state index contributed by atoms with van der Waals surface area (Å²) in [6.45, 7) is 0. The second kappa shape index (κ2) is 20.0. The molecule has 20 heavy (non-hydrogen) atoms. The molecule has 1 aromatic rings. The monoisotopic (exact) mass is 316 g/mol. The van der Waals surface area contributed by atoms with Crippen molar-refractivity contribution >= 4 is 35.0 Å². The lowest BCUT2D eigenvalue weighted by molar-refractivity contribution is -0.182. The minimum absolute atomic E-state index is 0. The molecule has 0 amide bonds. The van der Waals surface area contributed by atoms with Crippen LogP contribution in [-0.4, -0.2) is 78.2 Å². The van der Waals surface area contributed by atoms with Gasteiger partial charge < -0.3 is 38.0 Å². The van der Waals surface area contributed by atoms with Gasteiger partial charge in [0.05, 0.1) is 11.1 Å². The summed E-state index contributed by atoms with van der Waals surface area (Å²) < 4.78 is 0. The Morgan fingerprint density at radius 3 is 1.50 bits per heavy atom. The van der Waals surface area contributed by atoms with Crippen molar-refractivity contribution in [2.45, 2.75) is 0 Å². The Morgan fingerprint density at radius 1 is 0.850 bits per heavy atom. The van der Waals surface area contributed by atoms with Gasteiger partial charge in [-0.05, 0) is 12.1 Å². The fraction of sp³-hybridized carbons (Fsp3) is 0. The zero-order valence-electron chi connectivity index (χ0n) is 9.43. The highest BCUT2D eigenvalue weighted by atomic mass is 24.3. The van der Waals surface area contributed by atoms with E-state index in [1.54, 1.807) is 0 Å². The van der Waals surface area contributed by atoms with Gasteiger partial charge in [-0.3, -0.25) is 4.89 Å². The topological polar surface area (TPSA) is 273 Å². The molecule has 0 aromatic heterocycles. The van der Waals surface area contributed by atoms with E-state index in [0.29, 0.717) is 0 Å². The highest BCUT2D eigenvalue weighted by Gasteiger charge is 2.16. The molecule has 0 aliphatic carbocycles. The molecule has 12 heteroatoms. The number of rotatable bonds is 2. The van der Waals surface area contributed by atoms with Crippen molar-refractivity contribution in [3.05, 3.63) is 35.4 Å². The Hall–Kier alpha value is -1.35. The van der Waals surface area contributed by atoms with E-state index < -0.39 is 11.9 Å². The van der Waals surface area contributed by atoms with Crippen molar-refractivity contribution in [2.24, 2.45) is 0 Å². The van der Waals surface area contributed by atoms with Crippen LogP contribution in [0.25, 0.3) is 0 Å². The molecule has 0 saturated carbocycles. The Bertz CT molecular complexity index is 356. The van der Waals surface area contributed by atoms with Crippen LogP contribution in [-0.2, 0) is 4.89 Å². The van der Waals surface area contributed by atoms with Gasteiger partial charge in [0.2, 0.25) is 0 Å². The lowest BCUT2D eigenvalue weighted by Crippen LogP contribution is -2.09. The van der Waals surface area contributed by atoms with Crippen LogP contribution in [0.4, 0.5) is 0 Å². The van der Waals surface area contributed by atoms with Crippen LogP contribution in [0.2, 0.25) is 0 Å². The van der Waals surface area contributed by atoms with E-state index in [9.17, 15) is 9.59 Å². The Labute approximate surface area is 128 Å². The van der Waals surface area contributed by atoms with Gasteiger partial charge in [-0.15, -0.1) is 0 Å². The molecule has 0 radical (unpaired) electrons. The molecule has 120 valence electrons. The molecule has 0 bridgehead atoms. The van der Waals surface area contributed by atoms with Crippen molar-refractivity contribution in [3.63, 3.8) is 0 Å². The standard InChI is InChI=1S/C8H6O5.Mg.6H2O.2H/c9-7(10)5-3-1-2-4-6(5)8(11)13-12;;;;;;;;;/h1-4,12H,(H,9,10);;6*1H2;;. The molecule has 0 saturated heterocycles. The quantitative estimate of drug-likeness (QED) is 0.307. The first-order valence-corrected chi connectivity index (χ1v) is 3.35. The van der Waals surface area contributed by atoms with E-state index in [1.807, 2.05) is 0 Å². The second-order valence-electron chi connectivity index (χ2n) is 2.23. The molecular formula is C8H20MgO11. The van der Waals surface area contributed by atoms with Crippen molar-refractivity contribution in [1.29, 1.82) is 0 Å². The lowest BCUT2D eigenvalue weighted by atomic mass is 10.1. The molecule has 0 spiro atoms. The van der Waals surface area contributed by atoms with Gasteiger partial charge in [0.25, 0.3) is 0 Å². The summed E-state index contributed by atoms with van der Waals surface area (Å²) in [6, 6.07) is 5.44. The van der Waals surface area contributed by atoms with Crippen LogP contribution in [0.1, 0.15) is 20.7 Å². The first-order valence-electron chi connectivity index (χ1n) is 3.35. The molecule has 1 rings (SSSR count). The van der Waals surface area contributed by atoms with Gasteiger partial charge in [-0.2, -0.15) is 5.26 Å². The molecule has 0 atom stereocenters. The minimum atomic E-state index is -1.25. The highest BCUT2D eigenvalue weighted by molar-refractivity contribution is 6.02. The van der Waals surface area contributed by atoms with E-state index in [0.717, 1.165) is 0 Å². The predicted molar refractivity (Wildman–Crippen MR) is 71.7 cm³/mol. The summed E-state index contributed by atoms with van der Waals surface area (Å²) >= 11 is 0. The third kappa shape index (κ3) is 10.6. The molecule has 0 heterocycles. The number of carbonyl (C=O) groups is 2. The summed E-state index contributed by atoms with van der Waals surface area (Å²) in [5.41, 5.74) is -0.390. The summed E-state index contributed by atoms with van der Waals surface area (Å²) in [5, 5.41) is 16.7. The Kier molecular flexibility index (Phi) is 42.8. The molecule has 0 fully saturated rings. The van der Waals surface area contributed by atoms with Gasteiger partial charge >= 0.3 is 35.0 Å². The van der Waals surface area contributed by atoms with Gasteiger partial charge in [0.15, 0.2) is 0 Å². The zero-order valence-corrected chi connectivity index (χ0v) is 9.43. The average molecular weight is 317 g/mol. The summed E-state index contributed by atoms with van der Waals surface area (Å²) in [4.78, 5) is 24.8. The van der Waals surface area contributed by atoms with Crippen LogP contribution in [0.5, 0.6) is 0 Å². The van der Waals surface area contributed by atoms with Crippen molar-refractivity contribution < 1.29 is 57.7 Å². The summed E-state index contributed by atoms with van der Waals surface area (Å²) in [5.74, 6) is -2.33. The van der Waals surface area contributed by atoms with Crippen LogP contribution in [0.3, 0.4) is 0 Å². The van der Waals surface area contributed by atoms with Crippen LogP contribution < -0.4 is 0 Å². The minimum Gasteiger partial charge on any atom is -0.478 e. The highest BCUT2D eigenvalue weighted by Crippen LogP contribution is 2.09. The van der Waals surface area contributed by atoms with Crippen molar-refractivity contribution in [1.82, 2.24) is 0 Å². The molecule has 14 N–H and O–H groups in total.